The maximum Gasteiger partial charge on any atom is 0.305 e. The van der Waals surface area contributed by atoms with Gasteiger partial charge in [0.05, 0.1) is 18.1 Å². The maximum atomic E-state index is 10.7. The molecule has 1 aliphatic heterocycles. The van der Waals surface area contributed by atoms with Gasteiger partial charge in [-0.15, -0.1) is 0 Å². The Balaban J connectivity index is 2.64. The molecular weight excluding hydrogens is 196 g/mol. The Morgan fingerprint density at radius 1 is 1.60 bits per heavy atom. The molecule has 5 nitrogen and oxygen atoms in total. The van der Waals surface area contributed by atoms with E-state index in [9.17, 15) is 9.90 Å². The van der Waals surface area contributed by atoms with Crippen molar-refractivity contribution in [2.45, 2.75) is 44.4 Å². The molecule has 0 radical (unpaired) electrons. The second-order valence-electron chi connectivity index (χ2n) is 4.98. The molecule has 1 unspecified atom stereocenters. The molecule has 1 atom stereocenters. The van der Waals surface area contributed by atoms with Crippen LogP contribution in [0.1, 0.15) is 27.2 Å². The van der Waals surface area contributed by atoms with Crippen LogP contribution >= 0.6 is 0 Å². The highest BCUT2D eigenvalue weighted by molar-refractivity contribution is 5.69. The number of hydrogen-bond donors (Lipinski definition) is 4. The summed E-state index contributed by atoms with van der Waals surface area (Å²) in [7, 11) is 0. The van der Waals surface area contributed by atoms with Crippen LogP contribution in [-0.2, 0) is 4.79 Å². The average Bonchev–Trinajstić information content (AvgIpc) is 1.98. The third kappa shape index (κ3) is 2.90. The number of nitrogens with one attached hydrogen (secondary N) is 2. The molecule has 88 valence electrons. The van der Waals surface area contributed by atoms with Gasteiger partial charge in [-0.05, 0) is 20.8 Å². The summed E-state index contributed by atoms with van der Waals surface area (Å²) in [6.45, 7) is 6.72. The van der Waals surface area contributed by atoms with Crippen LogP contribution in [0.4, 0.5) is 0 Å². The third-order valence-electron chi connectivity index (χ3n) is 3.05. The van der Waals surface area contributed by atoms with Gasteiger partial charge in [0.1, 0.15) is 0 Å². The molecule has 1 aliphatic rings. The largest absolute Gasteiger partial charge is 0.481 e. The van der Waals surface area contributed by atoms with E-state index in [2.05, 4.69) is 10.6 Å². The highest BCUT2D eigenvalue weighted by Crippen LogP contribution is 2.22. The van der Waals surface area contributed by atoms with Crippen molar-refractivity contribution in [2.75, 3.05) is 13.1 Å². The molecule has 4 N–H and O–H groups in total. The van der Waals surface area contributed by atoms with Gasteiger partial charge in [0.2, 0.25) is 0 Å². The average molecular weight is 216 g/mol. The van der Waals surface area contributed by atoms with Crippen molar-refractivity contribution >= 4 is 5.97 Å². The Bertz CT molecular complexity index is 247. The lowest BCUT2D eigenvalue weighted by molar-refractivity contribution is -0.139. The summed E-state index contributed by atoms with van der Waals surface area (Å²) in [6.07, 6.45) is -0.445. The van der Waals surface area contributed by atoms with E-state index in [1.54, 1.807) is 6.92 Å². The summed E-state index contributed by atoms with van der Waals surface area (Å²) < 4.78 is 0. The van der Waals surface area contributed by atoms with Crippen LogP contribution in [0.25, 0.3) is 0 Å². The SMILES string of the molecule is CC(O)C(C)(C)NC1(CC(=O)O)CNC1. The van der Waals surface area contributed by atoms with Gasteiger partial charge in [-0.25, -0.2) is 0 Å². The van der Waals surface area contributed by atoms with Crippen molar-refractivity contribution in [3.05, 3.63) is 0 Å². The van der Waals surface area contributed by atoms with Crippen molar-refractivity contribution < 1.29 is 15.0 Å². The molecule has 0 bridgehead atoms. The zero-order valence-corrected chi connectivity index (χ0v) is 9.50. The van der Waals surface area contributed by atoms with E-state index in [1.807, 2.05) is 13.8 Å². The Hall–Kier alpha value is -0.650. The molecule has 1 fully saturated rings. The summed E-state index contributed by atoms with van der Waals surface area (Å²) in [6, 6.07) is 0. The lowest BCUT2D eigenvalue weighted by atomic mass is 9.84. The fourth-order valence-corrected chi connectivity index (χ4v) is 1.76. The zero-order chi connectivity index (χ0) is 11.7. The van der Waals surface area contributed by atoms with E-state index >= 15 is 0 Å². The number of aliphatic hydroxyl groups is 1. The van der Waals surface area contributed by atoms with Crippen LogP contribution < -0.4 is 10.6 Å². The third-order valence-corrected chi connectivity index (χ3v) is 3.05. The minimum absolute atomic E-state index is 0.0795. The van der Waals surface area contributed by atoms with Crippen molar-refractivity contribution in [1.29, 1.82) is 0 Å². The van der Waals surface area contributed by atoms with Crippen molar-refractivity contribution in [1.82, 2.24) is 10.6 Å². The van der Waals surface area contributed by atoms with Gasteiger partial charge in [0.25, 0.3) is 0 Å². The molecule has 5 heteroatoms. The molecule has 0 aliphatic carbocycles. The lowest BCUT2D eigenvalue weighted by Crippen LogP contribution is -2.73. The van der Waals surface area contributed by atoms with E-state index < -0.39 is 23.2 Å². The quantitative estimate of drug-likeness (QED) is 0.500. The first kappa shape index (κ1) is 12.4. The fraction of sp³-hybridized carbons (Fsp3) is 0.900. The van der Waals surface area contributed by atoms with Crippen LogP contribution in [0.2, 0.25) is 0 Å². The molecule has 0 aromatic heterocycles. The standard InChI is InChI=1S/C10H20N2O3/c1-7(13)9(2,3)12-10(4-8(14)15)5-11-6-10/h7,11-13H,4-6H2,1-3H3,(H,14,15). The van der Waals surface area contributed by atoms with Gasteiger partial charge < -0.3 is 20.8 Å². The molecule has 1 rings (SSSR count). The summed E-state index contributed by atoms with van der Waals surface area (Å²) in [4.78, 5) is 10.7. The summed E-state index contributed by atoms with van der Waals surface area (Å²) in [5.41, 5.74) is -0.885. The molecule has 0 aromatic carbocycles. The number of carboxylic acid groups (broad SMARTS) is 1. The Kier molecular flexibility index (Phi) is 3.38. The minimum atomic E-state index is -0.814. The van der Waals surface area contributed by atoms with E-state index in [-0.39, 0.29) is 6.42 Å². The first-order chi connectivity index (χ1) is 6.77. The highest BCUT2D eigenvalue weighted by Gasteiger charge is 2.43. The normalized spacial score (nSPS) is 21.9. The molecular formula is C10H20N2O3. The topological polar surface area (TPSA) is 81.6 Å². The van der Waals surface area contributed by atoms with Gasteiger partial charge in [-0.1, -0.05) is 0 Å². The highest BCUT2D eigenvalue weighted by atomic mass is 16.4. The summed E-state index contributed by atoms with van der Waals surface area (Å²) >= 11 is 0. The number of aliphatic carboxylic acids is 1. The molecule has 0 aromatic rings. The molecule has 15 heavy (non-hydrogen) atoms. The van der Waals surface area contributed by atoms with Gasteiger partial charge in [-0.3, -0.25) is 4.79 Å². The van der Waals surface area contributed by atoms with Gasteiger partial charge in [-0.2, -0.15) is 0 Å². The number of aliphatic hydroxyl groups excluding tert-OH is 1. The smallest absolute Gasteiger partial charge is 0.305 e. The van der Waals surface area contributed by atoms with E-state index in [0.717, 1.165) is 0 Å². The van der Waals surface area contributed by atoms with Gasteiger partial charge in [0, 0.05) is 18.6 Å². The Labute approximate surface area is 89.9 Å². The van der Waals surface area contributed by atoms with Crippen molar-refractivity contribution in [2.24, 2.45) is 0 Å². The Morgan fingerprint density at radius 2 is 2.13 bits per heavy atom. The monoisotopic (exact) mass is 216 g/mol. The number of hydrogen-bond acceptors (Lipinski definition) is 4. The van der Waals surface area contributed by atoms with Crippen LogP contribution in [0.3, 0.4) is 0 Å². The summed E-state index contributed by atoms with van der Waals surface area (Å²) in [5, 5.41) is 24.7. The van der Waals surface area contributed by atoms with E-state index in [0.29, 0.717) is 13.1 Å². The van der Waals surface area contributed by atoms with Crippen molar-refractivity contribution in [3.8, 4) is 0 Å². The molecule has 0 amide bonds. The van der Waals surface area contributed by atoms with Crippen LogP contribution in [0, 0.1) is 0 Å². The second-order valence-corrected chi connectivity index (χ2v) is 4.98. The first-order valence-corrected chi connectivity index (χ1v) is 5.17. The predicted octanol–water partition coefficient (Wildman–Crippen LogP) is -0.448. The molecule has 1 heterocycles. The minimum Gasteiger partial charge on any atom is -0.481 e. The lowest BCUT2D eigenvalue weighted by Gasteiger charge is -2.48. The zero-order valence-electron chi connectivity index (χ0n) is 9.50. The van der Waals surface area contributed by atoms with Gasteiger partial charge >= 0.3 is 5.97 Å². The molecule has 0 spiro atoms. The van der Waals surface area contributed by atoms with Crippen LogP contribution in [0.5, 0.6) is 0 Å². The predicted molar refractivity (Wildman–Crippen MR) is 56.7 cm³/mol. The van der Waals surface area contributed by atoms with E-state index in [1.165, 1.54) is 0 Å². The molecule has 1 saturated heterocycles. The van der Waals surface area contributed by atoms with E-state index in [4.69, 9.17) is 5.11 Å². The summed E-state index contributed by atoms with van der Waals surface area (Å²) in [5.74, 6) is -0.814. The molecule has 0 saturated carbocycles. The fourth-order valence-electron chi connectivity index (χ4n) is 1.76. The number of carbonyl (C=O) groups is 1. The first-order valence-electron chi connectivity index (χ1n) is 5.17. The van der Waals surface area contributed by atoms with Crippen LogP contribution in [-0.4, -0.2) is 46.5 Å². The van der Waals surface area contributed by atoms with Crippen LogP contribution in [0.15, 0.2) is 0 Å². The number of rotatable bonds is 5. The Morgan fingerprint density at radius 3 is 2.40 bits per heavy atom. The van der Waals surface area contributed by atoms with Gasteiger partial charge in [0.15, 0.2) is 0 Å². The maximum absolute atomic E-state index is 10.7. The number of carboxylic acids is 1. The van der Waals surface area contributed by atoms with Crippen molar-refractivity contribution in [3.63, 3.8) is 0 Å². The second kappa shape index (κ2) is 4.08.